The Morgan fingerprint density at radius 2 is 1.50 bits per heavy atom. The molecule has 2 aliphatic rings. The van der Waals surface area contributed by atoms with Crippen molar-refractivity contribution in [2.75, 3.05) is 13.1 Å². The van der Waals surface area contributed by atoms with Gasteiger partial charge in [-0.3, -0.25) is 19.4 Å². The number of carbonyl (C=O) groups is 2. The van der Waals surface area contributed by atoms with E-state index in [0.717, 1.165) is 6.54 Å². The van der Waals surface area contributed by atoms with Gasteiger partial charge in [-0.25, -0.2) is 0 Å². The van der Waals surface area contributed by atoms with Crippen molar-refractivity contribution in [1.82, 2.24) is 9.80 Å². The molecule has 2 unspecified atom stereocenters. The molecule has 0 radical (unpaired) electrons. The van der Waals surface area contributed by atoms with Gasteiger partial charge in [-0.2, -0.15) is 0 Å². The summed E-state index contributed by atoms with van der Waals surface area (Å²) >= 11 is 0. The normalized spacial score (nSPS) is 28.7. The van der Waals surface area contributed by atoms with E-state index in [1.165, 1.54) is 17.7 Å². The largest absolute Gasteiger partial charge is 0.287 e. The summed E-state index contributed by atoms with van der Waals surface area (Å²) in [5.41, 5.74) is 0. The van der Waals surface area contributed by atoms with E-state index in [-0.39, 0.29) is 18.4 Å². The topological polar surface area (TPSA) is 40.6 Å². The summed E-state index contributed by atoms with van der Waals surface area (Å²) in [6, 6.07) is 1.17. The molecule has 2 aliphatic heterocycles. The van der Waals surface area contributed by atoms with Crippen LogP contribution in [0.5, 0.6) is 0 Å². The van der Waals surface area contributed by atoms with Gasteiger partial charge in [-0.1, -0.05) is 11.8 Å². The number of amides is 2. The summed E-state index contributed by atoms with van der Waals surface area (Å²) < 4.78 is 0. The van der Waals surface area contributed by atoms with Gasteiger partial charge < -0.3 is 0 Å². The second-order valence-corrected chi connectivity index (χ2v) is 5.17. The molecule has 18 heavy (non-hydrogen) atoms. The van der Waals surface area contributed by atoms with Gasteiger partial charge in [-0.15, -0.1) is 0 Å². The number of likely N-dealkylation sites (tertiary alicyclic amines) is 2. The zero-order valence-electron chi connectivity index (χ0n) is 11.1. The number of carbonyl (C=O) groups excluding carboxylic acids is 2. The third-order valence-electron chi connectivity index (χ3n) is 3.91. The predicted octanol–water partition coefficient (Wildman–Crippen LogP) is 1.01. The Labute approximate surface area is 108 Å². The van der Waals surface area contributed by atoms with Crippen molar-refractivity contribution in [3.63, 3.8) is 0 Å². The van der Waals surface area contributed by atoms with E-state index < -0.39 is 0 Å². The fraction of sp³-hybridized carbons (Fsp3) is 0.714. The second kappa shape index (κ2) is 5.53. The Bertz CT molecular complexity index is 382. The van der Waals surface area contributed by atoms with Crippen molar-refractivity contribution in [3.8, 4) is 11.8 Å². The highest BCUT2D eigenvalue weighted by molar-refractivity contribution is 6.02. The maximum atomic E-state index is 11.4. The summed E-state index contributed by atoms with van der Waals surface area (Å²) in [6.07, 6.45) is 3.15. The third kappa shape index (κ3) is 2.73. The summed E-state index contributed by atoms with van der Waals surface area (Å²) in [4.78, 5) is 26.4. The zero-order chi connectivity index (χ0) is 13.1. The van der Waals surface area contributed by atoms with Crippen LogP contribution in [0.15, 0.2) is 0 Å². The van der Waals surface area contributed by atoms with Crippen LogP contribution in [0.4, 0.5) is 0 Å². The SMILES string of the molecule is CC1CCC(C)N1CC#CCN1C(=O)CCC1=O. The number of hydrogen-bond acceptors (Lipinski definition) is 3. The van der Waals surface area contributed by atoms with Crippen LogP contribution >= 0.6 is 0 Å². The van der Waals surface area contributed by atoms with Gasteiger partial charge >= 0.3 is 0 Å². The van der Waals surface area contributed by atoms with Crippen molar-refractivity contribution in [1.29, 1.82) is 0 Å². The molecule has 4 nitrogen and oxygen atoms in total. The lowest BCUT2D eigenvalue weighted by atomic mass is 10.2. The molecular formula is C14H20N2O2. The molecule has 0 bridgehead atoms. The maximum absolute atomic E-state index is 11.4. The fourth-order valence-electron chi connectivity index (χ4n) is 2.64. The van der Waals surface area contributed by atoms with E-state index in [1.54, 1.807) is 0 Å². The quantitative estimate of drug-likeness (QED) is 0.541. The summed E-state index contributed by atoms with van der Waals surface area (Å²) in [5.74, 6) is 5.86. The summed E-state index contributed by atoms with van der Waals surface area (Å²) in [5, 5.41) is 0. The van der Waals surface area contributed by atoms with Gasteiger partial charge in [0.2, 0.25) is 11.8 Å². The summed E-state index contributed by atoms with van der Waals surface area (Å²) in [7, 11) is 0. The molecule has 0 aromatic rings. The molecule has 2 heterocycles. The molecular weight excluding hydrogens is 228 g/mol. The highest BCUT2D eigenvalue weighted by Gasteiger charge is 2.28. The van der Waals surface area contributed by atoms with E-state index in [1.807, 2.05) is 0 Å². The van der Waals surface area contributed by atoms with Crippen molar-refractivity contribution < 1.29 is 9.59 Å². The van der Waals surface area contributed by atoms with Gasteiger partial charge in [0.05, 0.1) is 13.1 Å². The first kappa shape index (κ1) is 13.1. The third-order valence-corrected chi connectivity index (χ3v) is 3.91. The minimum absolute atomic E-state index is 0.0859. The lowest BCUT2D eigenvalue weighted by Gasteiger charge is -2.22. The van der Waals surface area contributed by atoms with Crippen LogP contribution in [0.25, 0.3) is 0 Å². The first-order chi connectivity index (χ1) is 8.59. The lowest BCUT2D eigenvalue weighted by molar-refractivity contribution is -0.137. The van der Waals surface area contributed by atoms with Gasteiger partial charge in [-0.05, 0) is 26.7 Å². The van der Waals surface area contributed by atoms with Gasteiger partial charge in [0.25, 0.3) is 0 Å². The first-order valence-electron chi connectivity index (χ1n) is 6.64. The Hall–Kier alpha value is -1.34. The monoisotopic (exact) mass is 248 g/mol. The Morgan fingerprint density at radius 3 is 2.06 bits per heavy atom. The first-order valence-corrected chi connectivity index (χ1v) is 6.64. The Kier molecular flexibility index (Phi) is 4.03. The number of rotatable bonds is 2. The average molecular weight is 248 g/mol. The predicted molar refractivity (Wildman–Crippen MR) is 68.6 cm³/mol. The van der Waals surface area contributed by atoms with Crippen LogP contribution in [-0.4, -0.2) is 46.8 Å². The minimum atomic E-state index is -0.0859. The number of hydrogen-bond donors (Lipinski definition) is 0. The van der Waals surface area contributed by atoms with Crippen molar-refractivity contribution in [3.05, 3.63) is 0 Å². The second-order valence-electron chi connectivity index (χ2n) is 5.17. The zero-order valence-corrected chi connectivity index (χ0v) is 11.1. The molecule has 2 atom stereocenters. The molecule has 0 saturated carbocycles. The highest BCUT2D eigenvalue weighted by atomic mass is 16.2. The number of nitrogens with zero attached hydrogens (tertiary/aromatic N) is 2. The van der Waals surface area contributed by atoms with Crippen molar-refractivity contribution in [2.24, 2.45) is 0 Å². The van der Waals surface area contributed by atoms with Crippen molar-refractivity contribution in [2.45, 2.75) is 51.6 Å². The van der Waals surface area contributed by atoms with Crippen LogP contribution in [0, 0.1) is 11.8 Å². The molecule has 4 heteroatoms. The smallest absolute Gasteiger partial charge is 0.230 e. The van der Waals surface area contributed by atoms with E-state index in [9.17, 15) is 9.59 Å². The molecule has 0 N–H and O–H groups in total. The summed E-state index contributed by atoms with van der Waals surface area (Å²) in [6.45, 7) is 5.43. The highest BCUT2D eigenvalue weighted by Crippen LogP contribution is 2.22. The van der Waals surface area contributed by atoms with E-state index in [4.69, 9.17) is 0 Å². The maximum Gasteiger partial charge on any atom is 0.230 e. The Balaban J connectivity index is 1.82. The molecule has 0 aromatic carbocycles. The van der Waals surface area contributed by atoms with Crippen LogP contribution in [0.2, 0.25) is 0 Å². The number of imide groups is 1. The van der Waals surface area contributed by atoms with E-state index in [2.05, 4.69) is 30.6 Å². The van der Waals surface area contributed by atoms with E-state index in [0.29, 0.717) is 24.9 Å². The molecule has 2 fully saturated rings. The molecule has 0 aliphatic carbocycles. The van der Waals surface area contributed by atoms with Crippen molar-refractivity contribution >= 4 is 11.8 Å². The van der Waals surface area contributed by atoms with Gasteiger partial charge in [0.1, 0.15) is 0 Å². The fourth-order valence-corrected chi connectivity index (χ4v) is 2.64. The van der Waals surface area contributed by atoms with Gasteiger partial charge in [0.15, 0.2) is 0 Å². The average Bonchev–Trinajstić information content (AvgIpc) is 2.82. The molecule has 98 valence electrons. The molecule has 2 saturated heterocycles. The molecule has 2 amide bonds. The van der Waals surface area contributed by atoms with Crippen LogP contribution in [0.3, 0.4) is 0 Å². The van der Waals surface area contributed by atoms with Gasteiger partial charge in [0, 0.05) is 24.9 Å². The van der Waals surface area contributed by atoms with Crippen LogP contribution in [-0.2, 0) is 9.59 Å². The van der Waals surface area contributed by atoms with Crippen LogP contribution < -0.4 is 0 Å². The Morgan fingerprint density at radius 1 is 1.00 bits per heavy atom. The molecule has 2 rings (SSSR count). The van der Waals surface area contributed by atoms with Crippen LogP contribution in [0.1, 0.15) is 39.5 Å². The molecule has 0 aromatic heterocycles. The lowest BCUT2D eigenvalue weighted by Crippen LogP contribution is -2.33. The van der Waals surface area contributed by atoms with E-state index >= 15 is 0 Å². The standard InChI is InChI=1S/C14H20N2O2/c1-11-5-6-12(2)15(11)9-3-4-10-16-13(17)7-8-14(16)18/h11-12H,5-10H2,1-2H3. The molecule has 0 spiro atoms. The minimum Gasteiger partial charge on any atom is -0.287 e.